The lowest BCUT2D eigenvalue weighted by molar-refractivity contribution is 0.0222. The number of carbonyl (C=O) groups is 1. The number of phenolic OH excluding ortho intramolecular Hbond substituents is 1. The summed E-state index contributed by atoms with van der Waals surface area (Å²) in [5.74, 6) is 0.258. The van der Waals surface area contributed by atoms with Gasteiger partial charge >= 0.3 is 6.09 Å². The van der Waals surface area contributed by atoms with E-state index >= 15 is 0 Å². The minimum absolute atomic E-state index is 0.258. The van der Waals surface area contributed by atoms with Gasteiger partial charge in [-0.05, 0) is 51.3 Å². The molecule has 0 aliphatic carbocycles. The molecule has 0 unspecified atom stereocenters. The molecule has 1 N–H and O–H groups in total. The number of phenols is 1. The smallest absolute Gasteiger partial charge is 0.410 e. The fraction of sp³-hybridized carbons (Fsp3) is 0.533. The average molecular weight is 263 g/mol. The number of hydrogen-bond acceptors (Lipinski definition) is 3. The molecule has 0 atom stereocenters. The number of aromatic hydroxyl groups is 1. The van der Waals surface area contributed by atoms with Gasteiger partial charge in [0.2, 0.25) is 0 Å². The molecule has 0 aromatic heterocycles. The Morgan fingerprint density at radius 3 is 2.63 bits per heavy atom. The standard InChI is InChI=1S/C15H21NO3/c1-10-5-6-13(17)12-9-16(8-7-11(10)12)14(18)19-15(2,3)4/h5-6,17H,7-9H2,1-4H3. The monoisotopic (exact) mass is 263 g/mol. The van der Waals surface area contributed by atoms with Gasteiger partial charge in [-0.15, -0.1) is 0 Å². The fourth-order valence-corrected chi connectivity index (χ4v) is 2.32. The minimum atomic E-state index is -0.494. The van der Waals surface area contributed by atoms with E-state index < -0.39 is 5.60 Å². The highest BCUT2D eigenvalue weighted by molar-refractivity contribution is 5.69. The normalized spacial score (nSPS) is 15.1. The van der Waals surface area contributed by atoms with E-state index in [1.165, 1.54) is 0 Å². The van der Waals surface area contributed by atoms with Crippen molar-refractivity contribution in [2.75, 3.05) is 6.54 Å². The number of ether oxygens (including phenoxy) is 1. The van der Waals surface area contributed by atoms with E-state index in [4.69, 9.17) is 4.74 Å². The third-order valence-corrected chi connectivity index (χ3v) is 3.27. The number of rotatable bonds is 0. The summed E-state index contributed by atoms with van der Waals surface area (Å²) < 4.78 is 5.37. The van der Waals surface area contributed by atoms with E-state index in [0.717, 1.165) is 23.1 Å². The number of aryl methyl sites for hydroxylation is 1. The van der Waals surface area contributed by atoms with E-state index in [2.05, 4.69) is 0 Å². The van der Waals surface area contributed by atoms with Gasteiger partial charge in [-0.2, -0.15) is 0 Å². The number of hydrogen-bond donors (Lipinski definition) is 1. The Balaban J connectivity index is 2.18. The van der Waals surface area contributed by atoms with Gasteiger partial charge in [-0.3, -0.25) is 0 Å². The number of benzene rings is 1. The van der Waals surface area contributed by atoms with Crippen molar-refractivity contribution in [1.82, 2.24) is 4.90 Å². The zero-order chi connectivity index (χ0) is 14.2. The summed E-state index contributed by atoms with van der Waals surface area (Å²) in [5.41, 5.74) is 2.67. The molecule has 0 radical (unpaired) electrons. The van der Waals surface area contributed by atoms with Crippen LogP contribution in [0.1, 0.15) is 37.5 Å². The van der Waals surface area contributed by atoms with Gasteiger partial charge in [-0.25, -0.2) is 4.79 Å². The predicted molar refractivity (Wildman–Crippen MR) is 73.2 cm³/mol. The molecule has 1 amide bonds. The van der Waals surface area contributed by atoms with Gasteiger partial charge in [0, 0.05) is 12.1 Å². The Hall–Kier alpha value is -1.71. The van der Waals surface area contributed by atoms with Gasteiger partial charge in [0.05, 0.1) is 6.54 Å². The molecule has 0 bridgehead atoms. The highest BCUT2D eigenvalue weighted by atomic mass is 16.6. The third-order valence-electron chi connectivity index (χ3n) is 3.27. The Labute approximate surface area is 114 Å². The highest BCUT2D eigenvalue weighted by Crippen LogP contribution is 2.30. The van der Waals surface area contributed by atoms with E-state index in [1.807, 2.05) is 33.8 Å². The molecule has 0 fully saturated rings. The maximum absolute atomic E-state index is 12.0. The second kappa shape index (κ2) is 4.76. The van der Waals surface area contributed by atoms with Crippen molar-refractivity contribution < 1.29 is 14.6 Å². The van der Waals surface area contributed by atoms with Crippen LogP contribution in [-0.2, 0) is 17.7 Å². The van der Waals surface area contributed by atoms with Crippen LogP contribution in [0.5, 0.6) is 5.75 Å². The second-order valence-corrected chi connectivity index (χ2v) is 6.01. The summed E-state index contributed by atoms with van der Waals surface area (Å²) in [6.07, 6.45) is 0.438. The molecule has 0 saturated heterocycles. The summed E-state index contributed by atoms with van der Waals surface area (Å²) in [5, 5.41) is 9.93. The molecule has 1 aromatic rings. The van der Waals surface area contributed by atoms with Crippen LogP contribution in [0.2, 0.25) is 0 Å². The van der Waals surface area contributed by atoms with Gasteiger partial charge in [0.1, 0.15) is 11.4 Å². The zero-order valence-corrected chi connectivity index (χ0v) is 12.0. The first-order valence-electron chi connectivity index (χ1n) is 6.56. The fourth-order valence-electron chi connectivity index (χ4n) is 2.32. The molecule has 19 heavy (non-hydrogen) atoms. The number of fused-ring (bicyclic) bond motifs is 1. The molecular weight excluding hydrogens is 242 g/mol. The minimum Gasteiger partial charge on any atom is -0.508 e. The van der Waals surface area contributed by atoms with Crippen molar-refractivity contribution >= 4 is 6.09 Å². The van der Waals surface area contributed by atoms with Crippen LogP contribution in [-0.4, -0.2) is 28.2 Å². The Kier molecular flexibility index (Phi) is 3.43. The summed E-state index contributed by atoms with van der Waals surface area (Å²) in [6.45, 7) is 8.63. The van der Waals surface area contributed by atoms with E-state index in [9.17, 15) is 9.90 Å². The van der Waals surface area contributed by atoms with Crippen molar-refractivity contribution in [1.29, 1.82) is 0 Å². The van der Waals surface area contributed by atoms with Crippen LogP contribution >= 0.6 is 0 Å². The van der Waals surface area contributed by atoms with Crippen molar-refractivity contribution in [3.8, 4) is 5.75 Å². The topological polar surface area (TPSA) is 49.8 Å². The molecule has 0 spiro atoms. The van der Waals surface area contributed by atoms with Crippen LogP contribution in [0.25, 0.3) is 0 Å². The average Bonchev–Trinajstić information content (AvgIpc) is 2.31. The van der Waals surface area contributed by atoms with Gasteiger partial charge in [0.25, 0.3) is 0 Å². The molecule has 1 aliphatic heterocycles. The maximum atomic E-state index is 12.0. The quantitative estimate of drug-likeness (QED) is 0.782. The maximum Gasteiger partial charge on any atom is 0.410 e. The SMILES string of the molecule is Cc1ccc(O)c2c1CCN(C(=O)OC(C)(C)C)C2. The van der Waals surface area contributed by atoms with E-state index in [-0.39, 0.29) is 11.8 Å². The summed E-state index contributed by atoms with van der Waals surface area (Å²) >= 11 is 0. The van der Waals surface area contributed by atoms with Gasteiger partial charge in [-0.1, -0.05) is 6.07 Å². The van der Waals surface area contributed by atoms with E-state index in [0.29, 0.717) is 13.1 Å². The van der Waals surface area contributed by atoms with Gasteiger partial charge < -0.3 is 14.7 Å². The zero-order valence-electron chi connectivity index (χ0n) is 12.0. The van der Waals surface area contributed by atoms with E-state index in [1.54, 1.807) is 11.0 Å². The predicted octanol–water partition coefficient (Wildman–Crippen LogP) is 2.99. The van der Waals surface area contributed by atoms with Crippen LogP contribution in [0, 0.1) is 6.92 Å². The first-order chi connectivity index (χ1) is 8.78. The van der Waals surface area contributed by atoms with Crippen LogP contribution in [0.15, 0.2) is 12.1 Å². The molecule has 1 aromatic carbocycles. The third kappa shape index (κ3) is 3.00. The molecule has 4 nitrogen and oxygen atoms in total. The lowest BCUT2D eigenvalue weighted by Gasteiger charge is -2.32. The van der Waals surface area contributed by atoms with Crippen molar-refractivity contribution in [2.24, 2.45) is 0 Å². The number of nitrogens with zero attached hydrogens (tertiary/aromatic N) is 1. The molecule has 4 heteroatoms. The summed E-state index contributed by atoms with van der Waals surface area (Å²) in [7, 11) is 0. The number of carbonyl (C=O) groups excluding carboxylic acids is 1. The molecular formula is C15H21NO3. The molecule has 1 heterocycles. The Morgan fingerprint density at radius 2 is 2.00 bits per heavy atom. The largest absolute Gasteiger partial charge is 0.508 e. The molecule has 104 valence electrons. The van der Waals surface area contributed by atoms with Gasteiger partial charge in [0.15, 0.2) is 0 Å². The lowest BCUT2D eigenvalue weighted by Crippen LogP contribution is -2.40. The first kappa shape index (κ1) is 13.7. The molecule has 1 aliphatic rings. The van der Waals surface area contributed by atoms with Crippen molar-refractivity contribution in [3.63, 3.8) is 0 Å². The van der Waals surface area contributed by atoms with Crippen molar-refractivity contribution in [2.45, 2.75) is 46.3 Å². The lowest BCUT2D eigenvalue weighted by atomic mass is 9.94. The van der Waals surface area contributed by atoms with Crippen LogP contribution in [0.3, 0.4) is 0 Å². The Morgan fingerprint density at radius 1 is 1.32 bits per heavy atom. The Bertz CT molecular complexity index is 503. The second-order valence-electron chi connectivity index (χ2n) is 6.01. The first-order valence-corrected chi connectivity index (χ1v) is 6.56. The molecule has 0 saturated carbocycles. The van der Waals surface area contributed by atoms with Crippen LogP contribution < -0.4 is 0 Å². The number of amides is 1. The summed E-state index contributed by atoms with van der Waals surface area (Å²) in [4.78, 5) is 13.7. The van der Waals surface area contributed by atoms with Crippen LogP contribution in [0.4, 0.5) is 4.79 Å². The van der Waals surface area contributed by atoms with Crippen molar-refractivity contribution in [3.05, 3.63) is 28.8 Å². The summed E-state index contributed by atoms with van der Waals surface area (Å²) in [6, 6.07) is 3.60. The highest BCUT2D eigenvalue weighted by Gasteiger charge is 2.27. The molecule has 2 rings (SSSR count).